The number of rotatable bonds is 4. The van der Waals surface area contributed by atoms with Crippen molar-refractivity contribution in [2.45, 2.75) is 23.8 Å². The van der Waals surface area contributed by atoms with Crippen LogP contribution in [0.3, 0.4) is 0 Å². The molecule has 3 rings (SSSR count). The standard InChI is InChI=1S/C18H19BrN2O3S/c19-16-8-4-5-9-17(16)25(23,24)21-12-10-15(11-13-21)20-18(22)14-6-2-1-3-7-14/h1-9,15H,10-13H2,(H,20,22). The lowest BCUT2D eigenvalue weighted by Gasteiger charge is -2.31. The Hall–Kier alpha value is -1.70. The molecule has 7 heteroatoms. The van der Waals surface area contributed by atoms with E-state index < -0.39 is 10.0 Å². The van der Waals surface area contributed by atoms with Crippen LogP contribution in [-0.4, -0.2) is 37.8 Å². The first-order chi connectivity index (χ1) is 12.0. The third kappa shape index (κ3) is 4.11. The molecule has 1 amide bonds. The molecule has 2 aromatic carbocycles. The Kier molecular flexibility index (Phi) is 5.56. The number of nitrogens with zero attached hydrogens (tertiary/aromatic N) is 1. The van der Waals surface area contributed by atoms with Crippen molar-refractivity contribution in [2.24, 2.45) is 0 Å². The van der Waals surface area contributed by atoms with E-state index >= 15 is 0 Å². The van der Waals surface area contributed by atoms with Gasteiger partial charge in [-0.05, 0) is 53.0 Å². The van der Waals surface area contributed by atoms with Crippen molar-refractivity contribution < 1.29 is 13.2 Å². The lowest BCUT2D eigenvalue weighted by atomic mass is 10.1. The topological polar surface area (TPSA) is 66.5 Å². The molecule has 0 spiro atoms. The summed E-state index contributed by atoms with van der Waals surface area (Å²) in [4.78, 5) is 12.5. The van der Waals surface area contributed by atoms with Crippen LogP contribution in [0.2, 0.25) is 0 Å². The van der Waals surface area contributed by atoms with Crippen LogP contribution in [0.25, 0.3) is 0 Å². The van der Waals surface area contributed by atoms with Crippen LogP contribution in [0, 0.1) is 0 Å². The summed E-state index contributed by atoms with van der Waals surface area (Å²) in [7, 11) is -3.52. The monoisotopic (exact) mass is 422 g/mol. The SMILES string of the molecule is O=C(NC1CCN(S(=O)(=O)c2ccccc2Br)CC1)c1ccccc1. The van der Waals surface area contributed by atoms with Gasteiger partial charge in [0.2, 0.25) is 10.0 Å². The molecule has 0 radical (unpaired) electrons. The minimum Gasteiger partial charge on any atom is -0.349 e. The molecule has 0 aromatic heterocycles. The van der Waals surface area contributed by atoms with E-state index in [1.165, 1.54) is 4.31 Å². The van der Waals surface area contributed by atoms with Crippen LogP contribution in [0.4, 0.5) is 0 Å². The normalized spacial score (nSPS) is 16.5. The van der Waals surface area contributed by atoms with Crippen molar-refractivity contribution in [1.29, 1.82) is 0 Å². The van der Waals surface area contributed by atoms with Gasteiger partial charge in [0, 0.05) is 29.2 Å². The molecule has 0 unspecified atom stereocenters. The zero-order chi connectivity index (χ0) is 17.9. The van der Waals surface area contributed by atoms with Gasteiger partial charge in [0.05, 0.1) is 4.90 Å². The minimum absolute atomic E-state index is 0.0154. The number of carbonyl (C=O) groups is 1. The van der Waals surface area contributed by atoms with Gasteiger partial charge in [-0.1, -0.05) is 30.3 Å². The average Bonchev–Trinajstić information content (AvgIpc) is 2.63. The molecule has 1 aliphatic heterocycles. The smallest absolute Gasteiger partial charge is 0.251 e. The first-order valence-corrected chi connectivity index (χ1v) is 10.3. The van der Waals surface area contributed by atoms with E-state index in [1.54, 1.807) is 36.4 Å². The highest BCUT2D eigenvalue weighted by Crippen LogP contribution is 2.26. The lowest BCUT2D eigenvalue weighted by molar-refractivity contribution is 0.0924. The van der Waals surface area contributed by atoms with Gasteiger partial charge in [0.25, 0.3) is 5.91 Å². The van der Waals surface area contributed by atoms with Gasteiger partial charge in [-0.15, -0.1) is 0 Å². The third-order valence-electron chi connectivity index (χ3n) is 4.28. The van der Waals surface area contributed by atoms with Crippen LogP contribution in [0.15, 0.2) is 64.0 Å². The van der Waals surface area contributed by atoms with E-state index in [2.05, 4.69) is 21.2 Å². The second-order valence-corrected chi connectivity index (χ2v) is 8.71. The van der Waals surface area contributed by atoms with E-state index in [0.717, 1.165) is 0 Å². The number of hydrogen-bond acceptors (Lipinski definition) is 3. The number of hydrogen-bond donors (Lipinski definition) is 1. The van der Waals surface area contributed by atoms with Gasteiger partial charge in [0.15, 0.2) is 0 Å². The quantitative estimate of drug-likeness (QED) is 0.822. The zero-order valence-corrected chi connectivity index (χ0v) is 16.0. The van der Waals surface area contributed by atoms with Crippen molar-refractivity contribution in [3.05, 3.63) is 64.6 Å². The molecule has 0 saturated carbocycles. The average molecular weight is 423 g/mol. The first-order valence-electron chi connectivity index (χ1n) is 8.09. The fourth-order valence-corrected chi connectivity index (χ4v) is 5.32. The molecule has 25 heavy (non-hydrogen) atoms. The van der Waals surface area contributed by atoms with Gasteiger partial charge in [0.1, 0.15) is 0 Å². The molecule has 1 aliphatic rings. The molecule has 1 N–H and O–H groups in total. The summed E-state index contributed by atoms with van der Waals surface area (Å²) in [5.74, 6) is -0.118. The maximum atomic E-state index is 12.8. The number of piperidine rings is 1. The zero-order valence-electron chi connectivity index (χ0n) is 13.6. The molecule has 5 nitrogen and oxygen atoms in total. The second-order valence-electron chi connectivity index (χ2n) is 5.95. The molecule has 1 heterocycles. The molecular formula is C18H19BrN2O3S. The Morgan fingerprint density at radius 3 is 2.24 bits per heavy atom. The van der Waals surface area contributed by atoms with Crippen molar-refractivity contribution in [3.63, 3.8) is 0 Å². The predicted octanol–water partition coefficient (Wildman–Crippen LogP) is 3.03. The summed E-state index contributed by atoms with van der Waals surface area (Å²) in [5.41, 5.74) is 0.616. The molecule has 0 atom stereocenters. The van der Waals surface area contributed by atoms with Crippen LogP contribution in [0.1, 0.15) is 23.2 Å². The Morgan fingerprint density at radius 2 is 1.60 bits per heavy atom. The van der Waals surface area contributed by atoms with Crippen LogP contribution in [0.5, 0.6) is 0 Å². The van der Waals surface area contributed by atoms with Crippen LogP contribution in [-0.2, 0) is 10.0 Å². The molecule has 2 aromatic rings. The molecular weight excluding hydrogens is 404 g/mol. The summed E-state index contributed by atoms with van der Waals surface area (Å²) in [6, 6.07) is 15.8. The number of benzene rings is 2. The van der Waals surface area contributed by atoms with E-state index in [4.69, 9.17) is 0 Å². The van der Waals surface area contributed by atoms with Gasteiger partial charge in [-0.3, -0.25) is 4.79 Å². The van der Waals surface area contributed by atoms with Gasteiger partial charge in [-0.2, -0.15) is 4.31 Å². The Morgan fingerprint density at radius 1 is 1.00 bits per heavy atom. The number of amides is 1. The summed E-state index contributed by atoms with van der Waals surface area (Å²) in [5, 5.41) is 2.99. The van der Waals surface area contributed by atoms with Crippen LogP contribution < -0.4 is 5.32 Å². The highest BCUT2D eigenvalue weighted by atomic mass is 79.9. The van der Waals surface area contributed by atoms with E-state index in [1.807, 2.05) is 18.2 Å². The summed E-state index contributed by atoms with van der Waals surface area (Å²) >= 11 is 3.31. The molecule has 0 bridgehead atoms. The van der Waals surface area contributed by atoms with Crippen molar-refractivity contribution in [1.82, 2.24) is 9.62 Å². The molecule has 1 fully saturated rings. The second kappa shape index (κ2) is 7.68. The molecule has 0 aliphatic carbocycles. The maximum absolute atomic E-state index is 12.8. The first kappa shape index (κ1) is 18.1. The highest BCUT2D eigenvalue weighted by molar-refractivity contribution is 9.10. The minimum atomic E-state index is -3.52. The Bertz CT molecular complexity index is 848. The predicted molar refractivity (Wildman–Crippen MR) is 99.8 cm³/mol. The largest absolute Gasteiger partial charge is 0.349 e. The third-order valence-corrected chi connectivity index (χ3v) is 7.19. The number of carbonyl (C=O) groups excluding carboxylic acids is 1. The van der Waals surface area contributed by atoms with Crippen LogP contribution >= 0.6 is 15.9 Å². The van der Waals surface area contributed by atoms with Crippen molar-refractivity contribution in [3.8, 4) is 0 Å². The number of halogens is 1. The lowest BCUT2D eigenvalue weighted by Crippen LogP contribution is -2.46. The van der Waals surface area contributed by atoms with Gasteiger partial charge < -0.3 is 5.32 Å². The van der Waals surface area contributed by atoms with E-state index in [-0.39, 0.29) is 16.8 Å². The summed E-state index contributed by atoms with van der Waals surface area (Å²) < 4.78 is 27.6. The fourth-order valence-electron chi connectivity index (χ4n) is 2.89. The Balaban J connectivity index is 1.62. The number of sulfonamides is 1. The maximum Gasteiger partial charge on any atom is 0.251 e. The van der Waals surface area contributed by atoms with E-state index in [9.17, 15) is 13.2 Å². The van der Waals surface area contributed by atoms with Crippen molar-refractivity contribution in [2.75, 3.05) is 13.1 Å². The molecule has 132 valence electrons. The summed E-state index contributed by atoms with van der Waals surface area (Å²) in [6.45, 7) is 0.785. The van der Waals surface area contributed by atoms with Gasteiger partial charge in [-0.25, -0.2) is 8.42 Å². The van der Waals surface area contributed by atoms with Crippen molar-refractivity contribution >= 4 is 31.9 Å². The number of nitrogens with one attached hydrogen (secondary N) is 1. The van der Waals surface area contributed by atoms with Gasteiger partial charge >= 0.3 is 0 Å². The Labute approximate surface area is 156 Å². The molecule has 1 saturated heterocycles. The van der Waals surface area contributed by atoms with E-state index in [0.29, 0.717) is 36.0 Å². The summed E-state index contributed by atoms with van der Waals surface area (Å²) in [6.07, 6.45) is 1.20. The fraction of sp³-hybridized carbons (Fsp3) is 0.278. The highest BCUT2D eigenvalue weighted by Gasteiger charge is 2.31.